The van der Waals surface area contributed by atoms with Crippen molar-refractivity contribution in [3.8, 4) is 11.8 Å². The summed E-state index contributed by atoms with van der Waals surface area (Å²) >= 11 is 0. The van der Waals surface area contributed by atoms with Crippen molar-refractivity contribution in [3.63, 3.8) is 0 Å². The van der Waals surface area contributed by atoms with Crippen molar-refractivity contribution in [1.82, 2.24) is 0 Å². The first-order valence-electron chi connectivity index (χ1n) is 5.61. The van der Waals surface area contributed by atoms with E-state index in [9.17, 15) is 5.11 Å². The summed E-state index contributed by atoms with van der Waals surface area (Å²) in [6.07, 6.45) is 3.46. The second-order valence-corrected chi connectivity index (χ2v) is 4.19. The maximum absolute atomic E-state index is 9.51. The highest BCUT2D eigenvalue weighted by Crippen LogP contribution is 2.30. The zero-order chi connectivity index (χ0) is 11.8. The van der Waals surface area contributed by atoms with Gasteiger partial charge in [-0.1, -0.05) is 36.1 Å². The lowest BCUT2D eigenvalue weighted by Gasteiger charge is -1.99. The van der Waals surface area contributed by atoms with Crippen LogP contribution in [0.5, 0.6) is 0 Å². The van der Waals surface area contributed by atoms with Gasteiger partial charge in [-0.15, -0.1) is 0 Å². The van der Waals surface area contributed by atoms with E-state index < -0.39 is 6.10 Å². The maximum Gasteiger partial charge on any atom is 0.137 e. The lowest BCUT2D eigenvalue weighted by atomic mass is 10.0. The van der Waals surface area contributed by atoms with Crippen LogP contribution in [0.4, 0.5) is 0 Å². The highest BCUT2D eigenvalue weighted by atomic mass is 16.3. The number of hydrogen-bond donors (Lipinski definition) is 1. The SMILES string of the molecule is Cc1cccc2c3c(oc12)CC#CC(O)C=C3. The second-order valence-electron chi connectivity index (χ2n) is 4.19. The van der Waals surface area contributed by atoms with Gasteiger partial charge in [-0.3, -0.25) is 0 Å². The summed E-state index contributed by atoms with van der Waals surface area (Å²) in [5, 5.41) is 10.6. The fraction of sp³-hybridized carbons (Fsp3) is 0.200. The Morgan fingerprint density at radius 3 is 3.18 bits per heavy atom. The minimum atomic E-state index is -0.682. The van der Waals surface area contributed by atoms with Crippen LogP contribution in [0.1, 0.15) is 16.9 Å². The van der Waals surface area contributed by atoms with Crippen LogP contribution in [-0.4, -0.2) is 11.2 Å². The fourth-order valence-corrected chi connectivity index (χ4v) is 2.11. The predicted molar refractivity (Wildman–Crippen MR) is 67.5 cm³/mol. The van der Waals surface area contributed by atoms with Crippen molar-refractivity contribution in [2.75, 3.05) is 0 Å². The van der Waals surface area contributed by atoms with Crippen LogP contribution in [0.15, 0.2) is 28.7 Å². The minimum absolute atomic E-state index is 0.546. The van der Waals surface area contributed by atoms with Gasteiger partial charge in [0.05, 0.1) is 6.42 Å². The molecule has 1 aromatic carbocycles. The molecule has 3 rings (SSSR count). The summed E-state index contributed by atoms with van der Waals surface area (Å²) in [5.74, 6) is 6.55. The molecular weight excluding hydrogens is 212 g/mol. The molecule has 2 nitrogen and oxygen atoms in total. The van der Waals surface area contributed by atoms with Gasteiger partial charge in [0.1, 0.15) is 17.4 Å². The van der Waals surface area contributed by atoms with E-state index in [-0.39, 0.29) is 0 Å². The van der Waals surface area contributed by atoms with Crippen LogP contribution in [0.25, 0.3) is 17.0 Å². The fourth-order valence-electron chi connectivity index (χ4n) is 2.11. The van der Waals surface area contributed by atoms with Crippen LogP contribution in [-0.2, 0) is 6.42 Å². The Morgan fingerprint density at radius 2 is 2.29 bits per heavy atom. The molecule has 2 heteroatoms. The van der Waals surface area contributed by atoms with E-state index in [4.69, 9.17) is 4.42 Å². The minimum Gasteiger partial charge on any atom is -0.459 e. The van der Waals surface area contributed by atoms with E-state index >= 15 is 0 Å². The molecule has 2 aromatic rings. The van der Waals surface area contributed by atoms with Gasteiger partial charge in [-0.2, -0.15) is 0 Å². The van der Waals surface area contributed by atoms with E-state index in [1.165, 1.54) is 0 Å². The largest absolute Gasteiger partial charge is 0.459 e. The number of hydrogen-bond acceptors (Lipinski definition) is 2. The van der Waals surface area contributed by atoms with Gasteiger partial charge in [0.2, 0.25) is 0 Å². The Kier molecular flexibility index (Phi) is 2.28. The third-order valence-electron chi connectivity index (χ3n) is 2.97. The molecule has 0 saturated carbocycles. The number of aliphatic hydroxyl groups is 1. The molecule has 0 spiro atoms. The van der Waals surface area contributed by atoms with Crippen molar-refractivity contribution in [1.29, 1.82) is 0 Å². The number of fused-ring (bicyclic) bond motifs is 3. The lowest BCUT2D eigenvalue weighted by molar-refractivity contribution is 0.281. The Morgan fingerprint density at radius 1 is 1.41 bits per heavy atom. The summed E-state index contributed by atoms with van der Waals surface area (Å²) in [4.78, 5) is 0. The van der Waals surface area contributed by atoms with Gasteiger partial charge in [0.25, 0.3) is 0 Å². The summed E-state index contributed by atoms with van der Waals surface area (Å²) in [6, 6.07) is 6.09. The molecule has 1 unspecified atom stereocenters. The highest BCUT2D eigenvalue weighted by molar-refractivity contribution is 5.90. The second kappa shape index (κ2) is 3.80. The Bertz CT molecular complexity index is 665. The van der Waals surface area contributed by atoms with Crippen molar-refractivity contribution >= 4 is 17.0 Å². The zero-order valence-corrected chi connectivity index (χ0v) is 9.53. The molecule has 0 fully saturated rings. The summed E-state index contributed by atoms with van der Waals surface area (Å²) < 4.78 is 5.86. The summed E-state index contributed by atoms with van der Waals surface area (Å²) in [5.41, 5.74) is 3.08. The quantitative estimate of drug-likeness (QED) is 0.698. The van der Waals surface area contributed by atoms with E-state index in [1.54, 1.807) is 6.08 Å². The van der Waals surface area contributed by atoms with Gasteiger partial charge < -0.3 is 9.52 Å². The molecule has 1 aromatic heterocycles. The molecule has 1 aliphatic carbocycles. The topological polar surface area (TPSA) is 33.4 Å². The number of aliphatic hydroxyl groups excluding tert-OH is 1. The van der Waals surface area contributed by atoms with Gasteiger partial charge in [0.15, 0.2) is 0 Å². The van der Waals surface area contributed by atoms with E-state index in [0.29, 0.717) is 6.42 Å². The van der Waals surface area contributed by atoms with Crippen LogP contribution in [0.3, 0.4) is 0 Å². The van der Waals surface area contributed by atoms with Gasteiger partial charge in [-0.05, 0) is 18.6 Å². The van der Waals surface area contributed by atoms with Crippen LogP contribution in [0, 0.1) is 18.8 Å². The number of benzene rings is 1. The third kappa shape index (κ3) is 1.65. The molecule has 84 valence electrons. The molecule has 1 atom stereocenters. The Balaban J connectivity index is 2.30. The molecule has 1 N–H and O–H groups in total. The first-order chi connectivity index (χ1) is 8.25. The average molecular weight is 224 g/mol. The third-order valence-corrected chi connectivity index (χ3v) is 2.97. The molecule has 17 heavy (non-hydrogen) atoms. The number of aryl methyl sites for hydroxylation is 1. The van der Waals surface area contributed by atoms with Crippen molar-refractivity contribution in [2.24, 2.45) is 0 Å². The van der Waals surface area contributed by atoms with Gasteiger partial charge >= 0.3 is 0 Å². The maximum atomic E-state index is 9.51. The van der Waals surface area contributed by atoms with E-state index in [0.717, 1.165) is 27.9 Å². The van der Waals surface area contributed by atoms with E-state index in [2.05, 4.69) is 11.8 Å². The molecule has 0 aliphatic heterocycles. The lowest BCUT2D eigenvalue weighted by Crippen LogP contribution is -1.99. The molecule has 0 saturated heterocycles. The molecule has 1 heterocycles. The van der Waals surface area contributed by atoms with Gasteiger partial charge in [-0.25, -0.2) is 0 Å². The Hall–Kier alpha value is -1.98. The van der Waals surface area contributed by atoms with Crippen LogP contribution in [0.2, 0.25) is 0 Å². The van der Waals surface area contributed by atoms with Gasteiger partial charge in [0, 0.05) is 10.9 Å². The predicted octanol–water partition coefficient (Wildman–Crippen LogP) is 2.67. The summed E-state index contributed by atoms with van der Waals surface area (Å²) in [6.45, 7) is 2.03. The standard InChI is InChI=1S/C15H12O2/c1-10-4-2-6-13-12-9-8-11(16)5-3-7-14(12)17-15(10)13/h2,4,6,8-9,11,16H,7H2,1H3. The molecule has 0 bridgehead atoms. The smallest absolute Gasteiger partial charge is 0.137 e. The molecular formula is C15H12O2. The molecule has 0 radical (unpaired) electrons. The summed E-state index contributed by atoms with van der Waals surface area (Å²) in [7, 11) is 0. The number of para-hydroxylation sites is 1. The zero-order valence-electron chi connectivity index (χ0n) is 9.53. The number of rotatable bonds is 0. The average Bonchev–Trinajstić information content (AvgIpc) is 2.63. The normalized spacial score (nSPS) is 18.1. The highest BCUT2D eigenvalue weighted by Gasteiger charge is 2.13. The first-order valence-corrected chi connectivity index (χ1v) is 5.61. The van der Waals surface area contributed by atoms with E-state index in [1.807, 2.05) is 31.2 Å². The van der Waals surface area contributed by atoms with Crippen LogP contribution >= 0.6 is 0 Å². The molecule has 1 aliphatic rings. The van der Waals surface area contributed by atoms with Crippen molar-refractivity contribution in [2.45, 2.75) is 19.4 Å². The van der Waals surface area contributed by atoms with Crippen molar-refractivity contribution < 1.29 is 9.52 Å². The van der Waals surface area contributed by atoms with Crippen molar-refractivity contribution in [3.05, 3.63) is 41.2 Å². The van der Waals surface area contributed by atoms with Crippen LogP contribution < -0.4 is 0 Å². The monoisotopic (exact) mass is 224 g/mol. The number of furan rings is 1. The Labute approximate surface area is 99.6 Å². The first kappa shape index (κ1) is 10.2. The molecule has 0 amide bonds.